The molecule has 0 unspecified atom stereocenters. The van der Waals surface area contributed by atoms with E-state index in [-0.39, 0.29) is 0 Å². The number of para-hydroxylation sites is 1. The number of hydrogen-bond acceptors (Lipinski definition) is 0. The molecule has 0 spiro atoms. The van der Waals surface area contributed by atoms with Gasteiger partial charge in [0.1, 0.15) is 0 Å². The van der Waals surface area contributed by atoms with E-state index in [4.69, 9.17) is 0 Å². The first-order valence-corrected chi connectivity index (χ1v) is 11.5. The third-order valence-electron chi connectivity index (χ3n) is 7.59. The number of rotatable bonds is 1. The molecule has 5 aromatic carbocycles. The van der Waals surface area contributed by atoms with Crippen LogP contribution in [0.2, 0.25) is 0 Å². The smallest absolute Gasteiger partial charge is 0.0568 e. The van der Waals surface area contributed by atoms with Crippen molar-refractivity contribution >= 4 is 65.2 Å². The van der Waals surface area contributed by atoms with Crippen molar-refractivity contribution < 1.29 is 0 Å². The van der Waals surface area contributed by atoms with E-state index < -0.39 is 0 Å². The first-order chi connectivity index (χ1) is 15.8. The summed E-state index contributed by atoms with van der Waals surface area (Å²) in [6.45, 7) is 0. The van der Waals surface area contributed by atoms with Crippen LogP contribution in [0.25, 0.3) is 65.2 Å². The minimum Gasteiger partial charge on any atom is -0.343 e. The van der Waals surface area contributed by atoms with Crippen LogP contribution < -0.4 is 0 Å². The van der Waals surface area contributed by atoms with Crippen LogP contribution in [0.1, 0.15) is 18.9 Å². The van der Waals surface area contributed by atoms with Crippen LogP contribution in [0.5, 0.6) is 0 Å². The fraction of sp³-hybridized carbons (Fsp3) is 0.133. The second kappa shape index (κ2) is 5.72. The van der Waals surface area contributed by atoms with Crippen LogP contribution in [0.15, 0.2) is 84.9 Å². The van der Waals surface area contributed by atoms with Gasteiger partial charge in [0.05, 0.1) is 11.0 Å². The Kier molecular flexibility index (Phi) is 3.01. The molecule has 0 amide bonds. The second-order valence-electron chi connectivity index (χ2n) is 9.41. The Labute approximate surface area is 185 Å². The highest BCUT2D eigenvalue weighted by molar-refractivity contribution is 6.31. The minimum absolute atomic E-state index is 0.650. The molecule has 2 aromatic heterocycles. The van der Waals surface area contributed by atoms with Gasteiger partial charge in [-0.05, 0) is 59.3 Å². The van der Waals surface area contributed by atoms with Gasteiger partial charge in [0, 0.05) is 51.1 Å². The monoisotopic (exact) mass is 410 g/mol. The molecule has 8 rings (SSSR count). The summed E-state index contributed by atoms with van der Waals surface area (Å²) in [6.07, 6.45) is 2.58. The van der Waals surface area contributed by atoms with Crippen molar-refractivity contribution in [3.63, 3.8) is 0 Å². The average molecular weight is 411 g/mol. The third-order valence-corrected chi connectivity index (χ3v) is 7.59. The van der Waals surface area contributed by atoms with Crippen LogP contribution in [-0.4, -0.2) is 9.13 Å². The van der Waals surface area contributed by atoms with Gasteiger partial charge in [0.2, 0.25) is 0 Å². The SMILES string of the molecule is Cn1c2ccc3c(c4ccccc4n3C3CC3)c2c2ccc3cc4ccccc4cc3c21. The molecule has 0 bridgehead atoms. The molecule has 32 heavy (non-hydrogen) atoms. The molecule has 2 heteroatoms. The number of nitrogens with zero attached hydrogens (tertiary/aromatic N) is 2. The van der Waals surface area contributed by atoms with Gasteiger partial charge in [-0.25, -0.2) is 0 Å². The van der Waals surface area contributed by atoms with Gasteiger partial charge in [-0.15, -0.1) is 0 Å². The van der Waals surface area contributed by atoms with Crippen LogP contribution in [-0.2, 0) is 7.05 Å². The fourth-order valence-corrected chi connectivity index (χ4v) is 6.04. The summed E-state index contributed by atoms with van der Waals surface area (Å²) < 4.78 is 5.00. The number of aromatic nitrogens is 2. The van der Waals surface area contributed by atoms with Crippen molar-refractivity contribution in [2.24, 2.45) is 7.05 Å². The minimum atomic E-state index is 0.650. The molecule has 2 nitrogen and oxygen atoms in total. The number of aryl methyl sites for hydroxylation is 1. The molecule has 1 saturated carbocycles. The normalized spacial score (nSPS) is 14.7. The number of fused-ring (bicyclic) bond motifs is 10. The highest BCUT2D eigenvalue weighted by Gasteiger charge is 2.28. The Hall–Kier alpha value is -3.78. The molecule has 0 saturated heterocycles. The molecule has 7 aromatic rings. The molecule has 0 N–H and O–H groups in total. The maximum atomic E-state index is 2.59. The second-order valence-corrected chi connectivity index (χ2v) is 9.41. The van der Waals surface area contributed by atoms with Crippen LogP contribution in [0.3, 0.4) is 0 Å². The Bertz CT molecular complexity index is 1890. The summed E-state index contributed by atoms with van der Waals surface area (Å²) >= 11 is 0. The van der Waals surface area contributed by atoms with Crippen LogP contribution in [0, 0.1) is 0 Å². The predicted octanol–water partition coefficient (Wildman–Crippen LogP) is 8.08. The highest BCUT2D eigenvalue weighted by Crippen LogP contribution is 2.46. The van der Waals surface area contributed by atoms with E-state index in [2.05, 4.69) is 101 Å². The van der Waals surface area contributed by atoms with E-state index in [1.54, 1.807) is 0 Å². The van der Waals surface area contributed by atoms with Crippen molar-refractivity contribution in [1.82, 2.24) is 9.13 Å². The van der Waals surface area contributed by atoms with E-state index in [1.807, 2.05) is 0 Å². The lowest BCUT2D eigenvalue weighted by Gasteiger charge is -2.06. The Morgan fingerprint density at radius 1 is 0.594 bits per heavy atom. The number of benzene rings is 5. The molecule has 0 radical (unpaired) electrons. The molecule has 0 atom stereocenters. The summed E-state index contributed by atoms with van der Waals surface area (Å²) in [5, 5.41) is 10.8. The lowest BCUT2D eigenvalue weighted by atomic mass is 10.00. The predicted molar refractivity (Wildman–Crippen MR) is 137 cm³/mol. The molecule has 0 aliphatic heterocycles. The standard InChI is InChI=1S/C30H22N2/c1-31-26-14-15-27-28(22-8-4-5-9-25(22)32(27)21-11-12-21)29(26)23-13-10-20-16-18-6-2-3-7-19(18)17-24(20)30(23)31/h2-10,13-17,21H,11-12H2,1H3. The van der Waals surface area contributed by atoms with Crippen molar-refractivity contribution in [3.8, 4) is 0 Å². The van der Waals surface area contributed by atoms with E-state index in [0.29, 0.717) is 6.04 Å². The molecular formula is C30H22N2. The summed E-state index contributed by atoms with van der Waals surface area (Å²) in [4.78, 5) is 0. The Morgan fingerprint density at radius 2 is 1.31 bits per heavy atom. The maximum absolute atomic E-state index is 2.59. The largest absolute Gasteiger partial charge is 0.343 e. The quantitative estimate of drug-likeness (QED) is 0.242. The van der Waals surface area contributed by atoms with E-state index in [0.717, 1.165) is 0 Å². The molecular weight excluding hydrogens is 388 g/mol. The van der Waals surface area contributed by atoms with Gasteiger partial charge in [-0.3, -0.25) is 0 Å². The van der Waals surface area contributed by atoms with Crippen LogP contribution >= 0.6 is 0 Å². The zero-order valence-electron chi connectivity index (χ0n) is 18.0. The number of hydrogen-bond donors (Lipinski definition) is 0. The third kappa shape index (κ3) is 2.00. The summed E-state index contributed by atoms with van der Waals surface area (Å²) in [5.74, 6) is 0. The molecule has 1 fully saturated rings. The van der Waals surface area contributed by atoms with Crippen molar-refractivity contribution in [1.29, 1.82) is 0 Å². The van der Waals surface area contributed by atoms with Crippen LogP contribution in [0.4, 0.5) is 0 Å². The van der Waals surface area contributed by atoms with Gasteiger partial charge in [-0.2, -0.15) is 0 Å². The van der Waals surface area contributed by atoms with E-state index in [9.17, 15) is 0 Å². The zero-order chi connectivity index (χ0) is 21.0. The van der Waals surface area contributed by atoms with E-state index >= 15 is 0 Å². The topological polar surface area (TPSA) is 9.86 Å². The molecule has 1 aliphatic rings. The van der Waals surface area contributed by atoms with Gasteiger partial charge in [-0.1, -0.05) is 54.6 Å². The van der Waals surface area contributed by atoms with Gasteiger partial charge in [0.15, 0.2) is 0 Å². The fourth-order valence-electron chi connectivity index (χ4n) is 6.04. The van der Waals surface area contributed by atoms with Gasteiger partial charge < -0.3 is 9.13 Å². The lowest BCUT2D eigenvalue weighted by molar-refractivity contribution is 0.805. The first kappa shape index (κ1) is 16.9. The molecule has 2 heterocycles. The van der Waals surface area contributed by atoms with E-state index in [1.165, 1.54) is 78.0 Å². The lowest BCUT2D eigenvalue weighted by Crippen LogP contribution is -1.92. The van der Waals surface area contributed by atoms with Crippen molar-refractivity contribution in [2.45, 2.75) is 18.9 Å². The Morgan fingerprint density at radius 3 is 2.16 bits per heavy atom. The van der Waals surface area contributed by atoms with Crippen molar-refractivity contribution in [3.05, 3.63) is 84.9 Å². The summed E-state index contributed by atoms with van der Waals surface area (Å²) in [6, 6.07) is 32.3. The first-order valence-electron chi connectivity index (χ1n) is 11.5. The van der Waals surface area contributed by atoms with Gasteiger partial charge >= 0.3 is 0 Å². The Balaban J connectivity index is 1.63. The maximum Gasteiger partial charge on any atom is 0.0568 e. The molecule has 152 valence electrons. The van der Waals surface area contributed by atoms with Crippen molar-refractivity contribution in [2.75, 3.05) is 0 Å². The average Bonchev–Trinajstić information content (AvgIpc) is 3.55. The summed E-state index contributed by atoms with van der Waals surface area (Å²) in [5.41, 5.74) is 5.40. The zero-order valence-corrected chi connectivity index (χ0v) is 18.0. The molecule has 1 aliphatic carbocycles. The van der Waals surface area contributed by atoms with Gasteiger partial charge in [0.25, 0.3) is 0 Å². The highest BCUT2D eigenvalue weighted by atomic mass is 15.0. The summed E-state index contributed by atoms with van der Waals surface area (Å²) in [7, 11) is 2.23.